The van der Waals surface area contributed by atoms with Crippen molar-refractivity contribution in [2.75, 3.05) is 6.54 Å². The van der Waals surface area contributed by atoms with Crippen molar-refractivity contribution in [1.82, 2.24) is 30.4 Å². The monoisotopic (exact) mass is 396 g/mol. The first-order chi connectivity index (χ1) is 14.0. The molecule has 0 bridgehead atoms. The first kappa shape index (κ1) is 19.2. The average Bonchev–Trinajstić information content (AvgIpc) is 3.25. The van der Waals surface area contributed by atoms with E-state index in [2.05, 4.69) is 27.7 Å². The number of imide groups is 1. The van der Waals surface area contributed by atoms with Crippen molar-refractivity contribution in [3.63, 3.8) is 0 Å². The van der Waals surface area contributed by atoms with E-state index in [1.165, 1.54) is 16.1 Å². The molecule has 1 aliphatic heterocycles. The highest BCUT2D eigenvalue weighted by Crippen LogP contribution is 2.24. The van der Waals surface area contributed by atoms with Gasteiger partial charge in [-0.1, -0.05) is 31.9 Å². The molecule has 1 N–H and O–H groups in total. The first-order valence-corrected chi connectivity index (χ1v) is 10.0. The Morgan fingerprint density at radius 2 is 1.83 bits per heavy atom. The summed E-state index contributed by atoms with van der Waals surface area (Å²) in [5.41, 5.74) is 0.838. The Hall–Kier alpha value is -3.10. The molecule has 4 rings (SSSR count). The SMILES string of the molecule is C[C@@H]1CCCC[C@H]1NC(=O)Cn1nnc(CCN2C(=O)c3ccccc3C2=O)n1. The van der Waals surface area contributed by atoms with E-state index in [-0.39, 0.29) is 43.3 Å². The molecular formula is C20H24N6O3. The molecule has 2 atom stereocenters. The van der Waals surface area contributed by atoms with Gasteiger partial charge in [-0.3, -0.25) is 19.3 Å². The Labute approximate surface area is 168 Å². The number of tetrazole rings is 1. The number of carbonyl (C=O) groups is 3. The van der Waals surface area contributed by atoms with E-state index in [0.717, 1.165) is 19.3 Å². The lowest BCUT2D eigenvalue weighted by atomic mass is 9.86. The molecule has 152 valence electrons. The van der Waals surface area contributed by atoms with Crippen LogP contribution in [-0.2, 0) is 17.8 Å². The molecule has 2 aromatic rings. The fourth-order valence-corrected chi connectivity index (χ4v) is 4.01. The van der Waals surface area contributed by atoms with Crippen LogP contribution in [0.3, 0.4) is 0 Å². The molecule has 2 heterocycles. The Balaban J connectivity index is 1.30. The molecule has 1 aromatic carbocycles. The summed E-state index contributed by atoms with van der Waals surface area (Å²) >= 11 is 0. The third-order valence-electron chi connectivity index (χ3n) is 5.67. The summed E-state index contributed by atoms with van der Waals surface area (Å²) in [5.74, 6) is 0.123. The van der Waals surface area contributed by atoms with Gasteiger partial charge in [0, 0.05) is 19.0 Å². The maximum Gasteiger partial charge on any atom is 0.261 e. The number of amides is 3. The molecule has 9 heteroatoms. The summed E-state index contributed by atoms with van der Waals surface area (Å²) in [6.07, 6.45) is 4.78. The van der Waals surface area contributed by atoms with E-state index >= 15 is 0 Å². The highest BCUT2D eigenvalue weighted by atomic mass is 16.2. The highest BCUT2D eigenvalue weighted by molar-refractivity contribution is 6.21. The van der Waals surface area contributed by atoms with Crippen LogP contribution in [0.1, 0.15) is 59.1 Å². The molecule has 29 heavy (non-hydrogen) atoms. The molecule has 1 saturated carbocycles. The molecule has 3 amide bonds. The van der Waals surface area contributed by atoms with Crippen molar-refractivity contribution < 1.29 is 14.4 Å². The normalized spacial score (nSPS) is 21.3. The number of benzene rings is 1. The predicted octanol–water partition coefficient (Wildman–Crippen LogP) is 1.21. The number of rotatable bonds is 6. The number of hydrogen-bond acceptors (Lipinski definition) is 6. The maximum absolute atomic E-state index is 12.4. The van der Waals surface area contributed by atoms with Gasteiger partial charge in [0.05, 0.1) is 11.1 Å². The smallest absolute Gasteiger partial charge is 0.261 e. The van der Waals surface area contributed by atoms with Gasteiger partial charge in [-0.05, 0) is 36.1 Å². The van der Waals surface area contributed by atoms with Gasteiger partial charge in [0.1, 0.15) is 6.54 Å². The van der Waals surface area contributed by atoms with Crippen LogP contribution in [0.4, 0.5) is 0 Å². The highest BCUT2D eigenvalue weighted by Gasteiger charge is 2.34. The van der Waals surface area contributed by atoms with Crippen LogP contribution < -0.4 is 5.32 Å². The van der Waals surface area contributed by atoms with Gasteiger partial charge >= 0.3 is 0 Å². The van der Waals surface area contributed by atoms with Crippen molar-refractivity contribution in [2.24, 2.45) is 5.92 Å². The van der Waals surface area contributed by atoms with E-state index in [1.54, 1.807) is 24.3 Å². The molecule has 9 nitrogen and oxygen atoms in total. The molecule has 1 fully saturated rings. The molecule has 0 radical (unpaired) electrons. The number of carbonyl (C=O) groups excluding carboxylic acids is 3. The summed E-state index contributed by atoms with van der Waals surface area (Å²) in [6.45, 7) is 2.34. The van der Waals surface area contributed by atoms with E-state index in [4.69, 9.17) is 0 Å². The van der Waals surface area contributed by atoms with E-state index < -0.39 is 0 Å². The van der Waals surface area contributed by atoms with Crippen LogP contribution in [0, 0.1) is 5.92 Å². The Morgan fingerprint density at radius 1 is 1.14 bits per heavy atom. The van der Waals surface area contributed by atoms with Gasteiger partial charge in [-0.25, -0.2) is 0 Å². The summed E-state index contributed by atoms with van der Waals surface area (Å²) in [5, 5.41) is 15.1. The fourth-order valence-electron chi connectivity index (χ4n) is 4.01. The molecule has 2 aliphatic rings. The van der Waals surface area contributed by atoms with Crippen LogP contribution >= 0.6 is 0 Å². The van der Waals surface area contributed by atoms with Crippen molar-refractivity contribution in [1.29, 1.82) is 0 Å². The minimum atomic E-state index is -0.307. The zero-order valence-electron chi connectivity index (χ0n) is 16.4. The number of fused-ring (bicyclic) bond motifs is 1. The van der Waals surface area contributed by atoms with Crippen molar-refractivity contribution in [3.8, 4) is 0 Å². The summed E-state index contributed by atoms with van der Waals surface area (Å²) in [7, 11) is 0. The third-order valence-corrected chi connectivity index (χ3v) is 5.67. The lowest BCUT2D eigenvalue weighted by Gasteiger charge is -2.29. The maximum atomic E-state index is 12.4. The number of nitrogens with one attached hydrogen (secondary N) is 1. The second-order valence-electron chi connectivity index (χ2n) is 7.73. The zero-order valence-corrected chi connectivity index (χ0v) is 16.4. The molecule has 0 unspecified atom stereocenters. The largest absolute Gasteiger partial charge is 0.351 e. The van der Waals surface area contributed by atoms with Gasteiger partial charge in [-0.2, -0.15) is 4.80 Å². The molecule has 1 aliphatic carbocycles. The standard InChI is InChI=1S/C20H24N6O3/c1-13-6-2-5-9-16(13)21-18(27)12-26-23-17(22-24-26)10-11-25-19(28)14-7-3-4-8-15(14)20(25)29/h3-4,7-8,13,16H,2,5-6,9-12H2,1H3,(H,21,27)/t13-,16-/m1/s1. The van der Waals surface area contributed by atoms with Gasteiger partial charge in [0.2, 0.25) is 5.91 Å². The zero-order chi connectivity index (χ0) is 20.4. The lowest BCUT2D eigenvalue weighted by molar-refractivity contribution is -0.123. The van der Waals surface area contributed by atoms with E-state index in [1.807, 2.05) is 0 Å². The quantitative estimate of drug-likeness (QED) is 0.735. The number of nitrogens with zero attached hydrogens (tertiary/aromatic N) is 5. The third kappa shape index (κ3) is 4.03. The Kier molecular flexibility index (Phi) is 5.37. The number of aromatic nitrogens is 4. The van der Waals surface area contributed by atoms with Gasteiger partial charge in [0.25, 0.3) is 11.8 Å². The summed E-state index contributed by atoms with van der Waals surface area (Å²) in [4.78, 5) is 39.5. The van der Waals surface area contributed by atoms with Gasteiger partial charge in [-0.15, -0.1) is 10.2 Å². The predicted molar refractivity (Wildman–Crippen MR) is 103 cm³/mol. The lowest BCUT2D eigenvalue weighted by Crippen LogP contribution is -2.42. The molecule has 0 saturated heterocycles. The second kappa shape index (κ2) is 8.10. The van der Waals surface area contributed by atoms with Crippen LogP contribution in [0.15, 0.2) is 24.3 Å². The van der Waals surface area contributed by atoms with E-state index in [0.29, 0.717) is 22.9 Å². The van der Waals surface area contributed by atoms with Crippen LogP contribution in [-0.4, -0.2) is 55.4 Å². The van der Waals surface area contributed by atoms with Crippen molar-refractivity contribution in [3.05, 3.63) is 41.2 Å². The summed E-state index contributed by atoms with van der Waals surface area (Å²) < 4.78 is 0. The fraction of sp³-hybridized carbons (Fsp3) is 0.500. The average molecular weight is 396 g/mol. The topological polar surface area (TPSA) is 110 Å². The van der Waals surface area contributed by atoms with Gasteiger partial charge < -0.3 is 5.32 Å². The Bertz CT molecular complexity index is 905. The molecule has 0 spiro atoms. The van der Waals surface area contributed by atoms with Crippen molar-refractivity contribution in [2.45, 2.75) is 51.6 Å². The summed E-state index contributed by atoms with van der Waals surface area (Å²) in [6, 6.07) is 6.97. The van der Waals surface area contributed by atoms with Crippen LogP contribution in [0.5, 0.6) is 0 Å². The minimum Gasteiger partial charge on any atom is -0.351 e. The Morgan fingerprint density at radius 3 is 2.52 bits per heavy atom. The first-order valence-electron chi connectivity index (χ1n) is 10.0. The van der Waals surface area contributed by atoms with E-state index in [9.17, 15) is 14.4 Å². The number of hydrogen-bond donors (Lipinski definition) is 1. The minimum absolute atomic E-state index is 0.00321. The van der Waals surface area contributed by atoms with Gasteiger partial charge in [0.15, 0.2) is 5.82 Å². The second-order valence-corrected chi connectivity index (χ2v) is 7.73. The van der Waals surface area contributed by atoms with Crippen molar-refractivity contribution >= 4 is 17.7 Å². The molecule has 1 aromatic heterocycles. The van der Waals surface area contributed by atoms with Crippen LogP contribution in [0.25, 0.3) is 0 Å². The van der Waals surface area contributed by atoms with Crippen LogP contribution in [0.2, 0.25) is 0 Å². The molecular weight excluding hydrogens is 372 g/mol.